The van der Waals surface area contributed by atoms with Crippen molar-refractivity contribution in [2.24, 2.45) is 5.41 Å². The van der Waals surface area contributed by atoms with Crippen LogP contribution in [0.15, 0.2) is 30.3 Å². The maximum atomic E-state index is 3.57. The van der Waals surface area contributed by atoms with Crippen molar-refractivity contribution in [1.29, 1.82) is 0 Å². The van der Waals surface area contributed by atoms with Crippen LogP contribution in [0.5, 0.6) is 0 Å². The van der Waals surface area contributed by atoms with Crippen LogP contribution in [0.1, 0.15) is 44.7 Å². The highest BCUT2D eigenvalue weighted by atomic mass is 15.3. The maximum Gasteiger partial charge on any atom is 0.0476 e. The average molecular weight is 258 g/mol. The molecule has 3 rings (SSSR count). The summed E-state index contributed by atoms with van der Waals surface area (Å²) in [6.07, 6.45) is 4.14. The molecule has 0 spiro atoms. The fourth-order valence-electron chi connectivity index (χ4n) is 4.00. The van der Waals surface area contributed by atoms with Crippen molar-refractivity contribution in [3.63, 3.8) is 0 Å². The molecule has 0 aromatic heterocycles. The normalized spacial score (nSPS) is 31.5. The van der Waals surface area contributed by atoms with Gasteiger partial charge in [0.25, 0.3) is 0 Å². The van der Waals surface area contributed by atoms with E-state index in [9.17, 15) is 0 Å². The number of rotatable bonds is 2. The Morgan fingerprint density at radius 2 is 2.00 bits per heavy atom. The van der Waals surface area contributed by atoms with Gasteiger partial charge >= 0.3 is 0 Å². The predicted octanol–water partition coefficient (Wildman–Crippen LogP) is 3.21. The first kappa shape index (κ1) is 13.1. The van der Waals surface area contributed by atoms with E-state index in [-0.39, 0.29) is 0 Å². The molecule has 1 saturated heterocycles. The van der Waals surface area contributed by atoms with Crippen LogP contribution in [0, 0.1) is 5.41 Å². The summed E-state index contributed by atoms with van der Waals surface area (Å²) in [6, 6.07) is 12.3. The van der Waals surface area contributed by atoms with Crippen LogP contribution in [0.2, 0.25) is 0 Å². The SMILES string of the molecule is CC1(C)CCCC1N1CCNCC1c1ccccc1. The summed E-state index contributed by atoms with van der Waals surface area (Å²) in [5.74, 6) is 0. The summed E-state index contributed by atoms with van der Waals surface area (Å²) in [5, 5.41) is 3.57. The molecule has 1 aliphatic heterocycles. The molecule has 1 aromatic carbocycles. The Balaban J connectivity index is 1.85. The predicted molar refractivity (Wildman–Crippen MR) is 80.2 cm³/mol. The number of hydrogen-bond donors (Lipinski definition) is 1. The van der Waals surface area contributed by atoms with Gasteiger partial charge in [0.2, 0.25) is 0 Å². The molecule has 0 bridgehead atoms. The molecule has 2 fully saturated rings. The minimum atomic E-state index is 0.477. The van der Waals surface area contributed by atoms with E-state index >= 15 is 0 Å². The van der Waals surface area contributed by atoms with E-state index in [1.807, 2.05) is 0 Å². The van der Waals surface area contributed by atoms with Gasteiger partial charge in [-0.3, -0.25) is 4.90 Å². The molecule has 104 valence electrons. The van der Waals surface area contributed by atoms with Crippen LogP contribution >= 0.6 is 0 Å². The lowest BCUT2D eigenvalue weighted by Crippen LogP contribution is -2.53. The number of hydrogen-bond acceptors (Lipinski definition) is 2. The third-order valence-corrected chi connectivity index (χ3v) is 5.07. The van der Waals surface area contributed by atoms with Gasteiger partial charge < -0.3 is 5.32 Å². The molecule has 19 heavy (non-hydrogen) atoms. The second-order valence-corrected chi connectivity index (χ2v) is 6.77. The lowest BCUT2D eigenvalue weighted by molar-refractivity contribution is 0.0515. The van der Waals surface area contributed by atoms with Gasteiger partial charge in [0.05, 0.1) is 0 Å². The lowest BCUT2D eigenvalue weighted by Gasteiger charge is -2.45. The van der Waals surface area contributed by atoms with Gasteiger partial charge in [-0.15, -0.1) is 0 Å². The Hall–Kier alpha value is -0.860. The van der Waals surface area contributed by atoms with Crippen molar-refractivity contribution in [3.05, 3.63) is 35.9 Å². The Bertz CT molecular complexity index is 413. The first-order valence-corrected chi connectivity index (χ1v) is 7.70. The minimum Gasteiger partial charge on any atom is -0.314 e. The summed E-state index contributed by atoms with van der Waals surface area (Å²) >= 11 is 0. The summed E-state index contributed by atoms with van der Waals surface area (Å²) in [4.78, 5) is 2.78. The molecular formula is C17H26N2. The fourth-order valence-corrected chi connectivity index (χ4v) is 4.00. The van der Waals surface area contributed by atoms with E-state index in [0.717, 1.165) is 19.1 Å². The third-order valence-electron chi connectivity index (χ3n) is 5.07. The number of nitrogens with one attached hydrogen (secondary N) is 1. The molecule has 2 heteroatoms. The van der Waals surface area contributed by atoms with Crippen molar-refractivity contribution in [2.45, 2.75) is 45.2 Å². The first-order valence-electron chi connectivity index (χ1n) is 7.70. The molecule has 2 atom stereocenters. The van der Waals surface area contributed by atoms with E-state index in [1.54, 1.807) is 0 Å². The van der Waals surface area contributed by atoms with E-state index in [2.05, 4.69) is 54.4 Å². The number of piperazine rings is 1. The van der Waals surface area contributed by atoms with Crippen molar-refractivity contribution >= 4 is 0 Å². The van der Waals surface area contributed by atoms with Crippen LogP contribution in [-0.2, 0) is 0 Å². The highest BCUT2D eigenvalue weighted by Gasteiger charge is 2.41. The molecule has 1 aliphatic carbocycles. The van der Waals surface area contributed by atoms with Crippen LogP contribution in [-0.4, -0.2) is 30.6 Å². The smallest absolute Gasteiger partial charge is 0.0476 e. The van der Waals surface area contributed by atoms with Crippen LogP contribution in [0.3, 0.4) is 0 Å². The van der Waals surface area contributed by atoms with E-state index in [0.29, 0.717) is 11.5 Å². The number of nitrogens with zero attached hydrogens (tertiary/aromatic N) is 1. The largest absolute Gasteiger partial charge is 0.314 e. The van der Waals surface area contributed by atoms with E-state index in [4.69, 9.17) is 0 Å². The van der Waals surface area contributed by atoms with E-state index in [1.165, 1.54) is 31.4 Å². The topological polar surface area (TPSA) is 15.3 Å². The summed E-state index contributed by atoms with van der Waals surface area (Å²) in [6.45, 7) is 8.32. The molecule has 1 heterocycles. The minimum absolute atomic E-state index is 0.477. The molecule has 2 nitrogen and oxygen atoms in total. The van der Waals surface area contributed by atoms with Crippen LogP contribution < -0.4 is 5.32 Å². The monoisotopic (exact) mass is 258 g/mol. The summed E-state index contributed by atoms with van der Waals surface area (Å²) in [7, 11) is 0. The van der Waals surface area contributed by atoms with Gasteiger partial charge in [-0.25, -0.2) is 0 Å². The summed E-state index contributed by atoms with van der Waals surface area (Å²) in [5.41, 5.74) is 1.95. The molecule has 1 aromatic rings. The molecule has 1 saturated carbocycles. The first-order chi connectivity index (χ1) is 9.18. The molecular weight excluding hydrogens is 232 g/mol. The van der Waals surface area contributed by atoms with Crippen LogP contribution in [0.25, 0.3) is 0 Å². The standard InChI is InChI=1S/C17H26N2/c1-17(2)10-6-9-16(17)19-12-11-18-13-15(19)14-7-4-3-5-8-14/h3-5,7-8,15-16,18H,6,9-13H2,1-2H3. The highest BCUT2D eigenvalue weighted by molar-refractivity contribution is 5.20. The van der Waals surface area contributed by atoms with Gasteiger partial charge in [0.1, 0.15) is 0 Å². The third kappa shape index (κ3) is 2.56. The zero-order chi connectivity index (χ0) is 13.3. The maximum absolute atomic E-state index is 3.57. The molecule has 0 radical (unpaired) electrons. The second kappa shape index (κ2) is 5.26. The Kier molecular flexibility index (Phi) is 3.64. The van der Waals surface area contributed by atoms with Gasteiger partial charge in [0.15, 0.2) is 0 Å². The van der Waals surface area contributed by atoms with Crippen LogP contribution in [0.4, 0.5) is 0 Å². The summed E-state index contributed by atoms with van der Waals surface area (Å²) < 4.78 is 0. The highest BCUT2D eigenvalue weighted by Crippen LogP contribution is 2.43. The quantitative estimate of drug-likeness (QED) is 0.876. The fraction of sp³-hybridized carbons (Fsp3) is 0.647. The zero-order valence-electron chi connectivity index (χ0n) is 12.2. The van der Waals surface area contributed by atoms with Crippen molar-refractivity contribution < 1.29 is 0 Å². The molecule has 2 unspecified atom stereocenters. The molecule has 1 N–H and O–H groups in total. The van der Waals surface area contributed by atoms with Crippen molar-refractivity contribution in [3.8, 4) is 0 Å². The van der Waals surface area contributed by atoms with Gasteiger partial charge in [0, 0.05) is 31.7 Å². The van der Waals surface area contributed by atoms with Crippen molar-refractivity contribution in [2.75, 3.05) is 19.6 Å². The van der Waals surface area contributed by atoms with E-state index < -0.39 is 0 Å². The molecule has 2 aliphatic rings. The Morgan fingerprint density at radius 1 is 1.21 bits per heavy atom. The lowest BCUT2D eigenvalue weighted by atomic mass is 9.84. The molecule has 0 amide bonds. The zero-order valence-corrected chi connectivity index (χ0v) is 12.2. The van der Waals surface area contributed by atoms with Gasteiger partial charge in [-0.05, 0) is 23.8 Å². The Morgan fingerprint density at radius 3 is 2.68 bits per heavy atom. The average Bonchev–Trinajstić information content (AvgIpc) is 2.79. The van der Waals surface area contributed by atoms with Crippen molar-refractivity contribution in [1.82, 2.24) is 10.2 Å². The van der Waals surface area contributed by atoms with Gasteiger partial charge in [-0.1, -0.05) is 50.6 Å². The van der Waals surface area contributed by atoms with Gasteiger partial charge in [-0.2, -0.15) is 0 Å². The number of benzene rings is 1. The second-order valence-electron chi connectivity index (χ2n) is 6.77. The Labute approximate surface area is 117 Å².